The minimum atomic E-state index is 0.0852. The SMILES string of the molecule is CCSC(=O)c1nc(SCC)ccc1SCC. The summed E-state index contributed by atoms with van der Waals surface area (Å²) in [7, 11) is 0. The maximum Gasteiger partial charge on any atom is 0.238 e. The van der Waals surface area contributed by atoms with E-state index in [9.17, 15) is 4.79 Å². The largest absolute Gasteiger partial charge is 0.280 e. The highest BCUT2D eigenvalue weighted by Gasteiger charge is 2.14. The average molecular weight is 287 g/mol. The van der Waals surface area contributed by atoms with E-state index in [1.807, 2.05) is 19.1 Å². The van der Waals surface area contributed by atoms with E-state index >= 15 is 0 Å². The zero-order chi connectivity index (χ0) is 12.7. The molecule has 1 aromatic heterocycles. The second-order valence-corrected chi connectivity index (χ2v) is 6.91. The fourth-order valence-electron chi connectivity index (χ4n) is 1.27. The van der Waals surface area contributed by atoms with Gasteiger partial charge in [0.1, 0.15) is 5.69 Å². The summed E-state index contributed by atoms with van der Waals surface area (Å²) in [5.74, 6) is 2.72. The normalized spacial score (nSPS) is 10.5. The summed E-state index contributed by atoms with van der Waals surface area (Å²) in [5, 5.41) is 1.02. The van der Waals surface area contributed by atoms with Crippen LogP contribution in [0.15, 0.2) is 22.1 Å². The molecule has 0 spiro atoms. The molecule has 0 saturated heterocycles. The molecule has 0 bridgehead atoms. The fourth-order valence-corrected chi connectivity index (χ4v) is 3.26. The molecule has 0 N–H and O–H groups in total. The molecule has 1 aromatic rings. The van der Waals surface area contributed by atoms with Crippen molar-refractivity contribution < 1.29 is 4.79 Å². The molecule has 0 radical (unpaired) electrons. The van der Waals surface area contributed by atoms with E-state index < -0.39 is 0 Å². The number of rotatable bonds is 6. The minimum absolute atomic E-state index is 0.0852. The van der Waals surface area contributed by atoms with Gasteiger partial charge in [-0.15, -0.1) is 23.5 Å². The van der Waals surface area contributed by atoms with Gasteiger partial charge < -0.3 is 0 Å². The van der Waals surface area contributed by atoms with Crippen molar-refractivity contribution in [3.63, 3.8) is 0 Å². The maximum absolute atomic E-state index is 12.0. The summed E-state index contributed by atoms with van der Waals surface area (Å²) < 4.78 is 0. The zero-order valence-electron chi connectivity index (χ0n) is 10.4. The molecule has 0 unspecified atom stereocenters. The van der Waals surface area contributed by atoms with Gasteiger partial charge in [-0.05, 0) is 29.4 Å². The number of thioether (sulfide) groups is 3. The van der Waals surface area contributed by atoms with Crippen LogP contribution in [0.3, 0.4) is 0 Å². The van der Waals surface area contributed by atoms with Gasteiger partial charge in [0, 0.05) is 4.90 Å². The lowest BCUT2D eigenvalue weighted by Crippen LogP contribution is -2.02. The summed E-state index contributed by atoms with van der Waals surface area (Å²) in [6.45, 7) is 6.16. The van der Waals surface area contributed by atoms with E-state index in [2.05, 4.69) is 18.8 Å². The second-order valence-electron chi connectivity index (χ2n) is 3.08. The van der Waals surface area contributed by atoms with Crippen LogP contribution < -0.4 is 0 Å². The van der Waals surface area contributed by atoms with Crippen molar-refractivity contribution in [2.24, 2.45) is 0 Å². The number of pyridine rings is 1. The van der Waals surface area contributed by atoms with Crippen LogP contribution in [0.4, 0.5) is 0 Å². The smallest absolute Gasteiger partial charge is 0.238 e. The number of hydrogen-bond acceptors (Lipinski definition) is 5. The number of aromatic nitrogens is 1. The Morgan fingerprint density at radius 1 is 1.12 bits per heavy atom. The Morgan fingerprint density at radius 2 is 1.82 bits per heavy atom. The standard InChI is InChI=1S/C12H17NOS3/c1-4-15-9-7-8-10(16-5-2)13-11(9)12(14)17-6-3/h7-8H,4-6H2,1-3H3. The maximum atomic E-state index is 12.0. The van der Waals surface area contributed by atoms with Crippen LogP contribution in [0, 0.1) is 0 Å². The molecular weight excluding hydrogens is 270 g/mol. The summed E-state index contributed by atoms with van der Waals surface area (Å²) in [6.07, 6.45) is 0. The molecule has 1 heterocycles. The van der Waals surface area contributed by atoms with E-state index in [4.69, 9.17) is 0 Å². The molecule has 0 aliphatic carbocycles. The predicted octanol–water partition coefficient (Wildman–Crippen LogP) is 4.20. The van der Waals surface area contributed by atoms with Crippen LogP contribution in [0.1, 0.15) is 31.3 Å². The Kier molecular flexibility index (Phi) is 7.08. The first-order valence-corrected chi connectivity index (χ1v) is 8.62. The summed E-state index contributed by atoms with van der Waals surface area (Å²) in [6, 6.07) is 4.02. The lowest BCUT2D eigenvalue weighted by molar-refractivity contribution is 0.108. The highest BCUT2D eigenvalue weighted by molar-refractivity contribution is 8.14. The third-order valence-electron chi connectivity index (χ3n) is 1.89. The Balaban J connectivity index is 3.01. The Labute approximate surface area is 116 Å². The van der Waals surface area contributed by atoms with E-state index in [1.54, 1.807) is 23.5 Å². The molecule has 1 rings (SSSR count). The lowest BCUT2D eigenvalue weighted by Gasteiger charge is -2.07. The molecule has 0 aromatic carbocycles. The topological polar surface area (TPSA) is 30.0 Å². The van der Waals surface area contributed by atoms with Crippen LogP contribution in [0.25, 0.3) is 0 Å². The monoisotopic (exact) mass is 287 g/mol. The van der Waals surface area contributed by atoms with Crippen LogP contribution in [-0.2, 0) is 0 Å². The number of hydrogen-bond donors (Lipinski definition) is 0. The lowest BCUT2D eigenvalue weighted by atomic mass is 10.4. The van der Waals surface area contributed by atoms with Crippen molar-refractivity contribution in [1.29, 1.82) is 0 Å². The highest BCUT2D eigenvalue weighted by atomic mass is 32.2. The highest BCUT2D eigenvalue weighted by Crippen LogP contribution is 2.27. The van der Waals surface area contributed by atoms with Gasteiger partial charge in [0.2, 0.25) is 5.12 Å². The zero-order valence-corrected chi connectivity index (χ0v) is 12.8. The molecule has 5 heteroatoms. The van der Waals surface area contributed by atoms with Crippen molar-refractivity contribution in [1.82, 2.24) is 4.98 Å². The molecule has 94 valence electrons. The third-order valence-corrected chi connectivity index (χ3v) is 4.38. The van der Waals surface area contributed by atoms with E-state index in [0.717, 1.165) is 27.2 Å². The van der Waals surface area contributed by atoms with Gasteiger partial charge in [-0.1, -0.05) is 32.5 Å². The first kappa shape index (κ1) is 14.9. The first-order valence-electron chi connectivity index (χ1n) is 5.66. The van der Waals surface area contributed by atoms with Crippen molar-refractivity contribution in [3.05, 3.63) is 17.8 Å². The summed E-state index contributed by atoms with van der Waals surface area (Å²) in [5.41, 5.74) is 0.627. The van der Waals surface area contributed by atoms with Crippen molar-refractivity contribution in [3.8, 4) is 0 Å². The van der Waals surface area contributed by atoms with Gasteiger partial charge >= 0.3 is 0 Å². The van der Waals surface area contributed by atoms with Gasteiger partial charge in [0.05, 0.1) is 5.03 Å². The van der Waals surface area contributed by atoms with Gasteiger partial charge in [-0.2, -0.15) is 0 Å². The Morgan fingerprint density at radius 3 is 2.41 bits per heavy atom. The van der Waals surface area contributed by atoms with Gasteiger partial charge in [0.15, 0.2) is 0 Å². The molecule has 2 nitrogen and oxygen atoms in total. The quantitative estimate of drug-likeness (QED) is 0.732. The Bertz CT molecular complexity index is 382. The number of carbonyl (C=O) groups excluding carboxylic acids is 1. The molecule has 0 saturated carbocycles. The molecule has 0 aliphatic rings. The summed E-state index contributed by atoms with van der Waals surface area (Å²) >= 11 is 4.67. The first-order chi connectivity index (χ1) is 8.22. The Hall–Kier alpha value is -0.130. The fraction of sp³-hybridized carbons (Fsp3) is 0.500. The predicted molar refractivity (Wildman–Crippen MR) is 79.5 cm³/mol. The number of nitrogens with zero attached hydrogens (tertiary/aromatic N) is 1. The van der Waals surface area contributed by atoms with Crippen molar-refractivity contribution in [2.45, 2.75) is 30.7 Å². The van der Waals surface area contributed by atoms with Gasteiger partial charge in [-0.3, -0.25) is 4.79 Å². The molecule has 0 aliphatic heterocycles. The van der Waals surface area contributed by atoms with Crippen molar-refractivity contribution in [2.75, 3.05) is 17.3 Å². The van der Waals surface area contributed by atoms with Gasteiger partial charge in [0.25, 0.3) is 0 Å². The third kappa shape index (κ3) is 4.56. The number of carbonyl (C=O) groups is 1. The summed E-state index contributed by atoms with van der Waals surface area (Å²) in [4.78, 5) is 17.4. The van der Waals surface area contributed by atoms with Crippen LogP contribution >= 0.6 is 35.3 Å². The molecule has 0 atom stereocenters. The van der Waals surface area contributed by atoms with Crippen LogP contribution in [0.2, 0.25) is 0 Å². The second kappa shape index (κ2) is 8.06. The average Bonchev–Trinajstić information content (AvgIpc) is 2.32. The van der Waals surface area contributed by atoms with Crippen molar-refractivity contribution >= 4 is 40.4 Å². The molecule has 0 amide bonds. The van der Waals surface area contributed by atoms with E-state index in [0.29, 0.717) is 5.69 Å². The molecular formula is C12H17NOS3. The minimum Gasteiger partial charge on any atom is -0.280 e. The molecule has 17 heavy (non-hydrogen) atoms. The van der Waals surface area contributed by atoms with Gasteiger partial charge in [-0.25, -0.2) is 4.98 Å². The van der Waals surface area contributed by atoms with Crippen LogP contribution in [-0.4, -0.2) is 27.4 Å². The van der Waals surface area contributed by atoms with Crippen LogP contribution in [0.5, 0.6) is 0 Å². The van der Waals surface area contributed by atoms with E-state index in [-0.39, 0.29) is 5.12 Å². The molecule has 0 fully saturated rings. The van der Waals surface area contributed by atoms with E-state index in [1.165, 1.54) is 11.8 Å².